The molecule has 0 saturated carbocycles. The minimum absolute atomic E-state index is 0. The zero-order valence-corrected chi connectivity index (χ0v) is 10.9. The molecule has 5 radical (unpaired) electrons. The molecule has 0 atom stereocenters. The van der Waals surface area contributed by atoms with Gasteiger partial charge in [-0.15, -0.1) is 0 Å². The van der Waals surface area contributed by atoms with E-state index < -0.39 is 16.7 Å². The summed E-state index contributed by atoms with van der Waals surface area (Å²) in [6, 6.07) is 0. The quantitative estimate of drug-likeness (QED) is 0.326. The molecular formula is MnO4PbW. The Bertz CT molecular complexity index is 94.9. The monoisotopic (exact) mass is 511 g/mol. The maximum Gasteiger partial charge on any atom is 0 e. The number of hydrogen-bond acceptors (Lipinski definition) is 4. The van der Waals surface area contributed by atoms with Crippen LogP contribution in [0.3, 0.4) is 0 Å². The van der Waals surface area contributed by atoms with E-state index in [4.69, 9.17) is 14.3 Å². The minimum atomic E-state index is -6.17. The van der Waals surface area contributed by atoms with E-state index in [0.717, 1.165) is 0 Å². The molecule has 0 aromatic heterocycles. The fourth-order valence-corrected chi connectivity index (χ4v) is 0. The summed E-state index contributed by atoms with van der Waals surface area (Å²) in [5.41, 5.74) is 0. The minimum Gasteiger partial charge on any atom is 0 e. The molecule has 0 N–H and O–H groups in total. The topological polar surface area (TPSA) is 80.3 Å². The fourth-order valence-electron chi connectivity index (χ4n) is 0. The van der Waals surface area contributed by atoms with Crippen molar-refractivity contribution in [1.29, 1.82) is 0 Å². The first-order chi connectivity index (χ1) is 2.00. The average Bonchev–Trinajstić information content (AvgIpc) is 0.722. The second-order valence-corrected chi connectivity index (χ2v) is 3.34. The molecule has 0 aliphatic rings. The second-order valence-electron chi connectivity index (χ2n) is 0.408. The van der Waals surface area contributed by atoms with Crippen molar-refractivity contribution < 1.29 is 48.1 Å². The largest absolute Gasteiger partial charge is 0 e. The van der Waals surface area contributed by atoms with Gasteiger partial charge in [-0.25, -0.2) is 0 Å². The molecule has 0 unspecified atom stereocenters. The summed E-state index contributed by atoms with van der Waals surface area (Å²) in [6.45, 7) is 0. The van der Waals surface area contributed by atoms with Crippen molar-refractivity contribution in [2.45, 2.75) is 0 Å². The molecule has 0 spiro atoms. The van der Waals surface area contributed by atoms with Gasteiger partial charge in [0.25, 0.3) is 0 Å². The molecule has 0 heterocycles. The number of hydrogen-bond donors (Lipinski definition) is 0. The van der Waals surface area contributed by atoms with Crippen molar-refractivity contribution in [3.63, 3.8) is 0 Å². The van der Waals surface area contributed by atoms with Crippen molar-refractivity contribution in [2.24, 2.45) is 0 Å². The van der Waals surface area contributed by atoms with Crippen LogP contribution >= 0.6 is 0 Å². The van der Waals surface area contributed by atoms with Crippen LogP contribution in [0, 0.1) is 0 Å². The maximum atomic E-state index is 8.65. The van der Waals surface area contributed by atoms with Crippen LogP contribution < -0.4 is 7.52 Å². The first-order valence-corrected chi connectivity index (χ1v) is 5.46. The van der Waals surface area contributed by atoms with Gasteiger partial charge in [-0.1, -0.05) is 0 Å². The predicted molar refractivity (Wildman–Crippen MR) is 7.13 cm³/mol. The molecule has 41 valence electrons. The van der Waals surface area contributed by atoms with Crippen LogP contribution in [-0.2, 0) is 40.6 Å². The SMILES string of the molecule is [Mn+2].[O]=[W](=[O])([O-])[O-].[Pb]. The normalized spacial score (nSPS) is 8.29. The molecule has 4 nitrogen and oxygen atoms in total. The van der Waals surface area contributed by atoms with Gasteiger partial charge in [0.05, 0.1) is 0 Å². The van der Waals surface area contributed by atoms with Crippen LogP contribution in [0.5, 0.6) is 0 Å². The van der Waals surface area contributed by atoms with Crippen molar-refractivity contribution >= 4 is 27.3 Å². The molecule has 0 aromatic carbocycles. The first-order valence-electron chi connectivity index (χ1n) is 0.667. The Labute approximate surface area is 74.6 Å². The summed E-state index contributed by atoms with van der Waals surface area (Å²) in [7, 11) is 0. The summed E-state index contributed by atoms with van der Waals surface area (Å²) >= 11 is -6.17. The van der Waals surface area contributed by atoms with E-state index in [1.807, 2.05) is 0 Å². The van der Waals surface area contributed by atoms with Crippen molar-refractivity contribution in [3.05, 3.63) is 0 Å². The van der Waals surface area contributed by atoms with Crippen molar-refractivity contribution in [1.82, 2.24) is 0 Å². The Hall–Kier alpha value is 1.65. The van der Waals surface area contributed by atoms with Gasteiger partial charge in [0.2, 0.25) is 0 Å². The third kappa shape index (κ3) is 89.7. The van der Waals surface area contributed by atoms with E-state index in [1.165, 1.54) is 0 Å². The molecule has 0 aromatic rings. The molecule has 0 aliphatic carbocycles. The Morgan fingerprint density at radius 1 is 1.14 bits per heavy atom. The summed E-state index contributed by atoms with van der Waals surface area (Å²) in [5, 5.41) is 0. The van der Waals surface area contributed by atoms with Gasteiger partial charge in [-0.05, 0) is 0 Å². The van der Waals surface area contributed by atoms with Crippen LogP contribution in [-0.4, -0.2) is 27.3 Å². The first kappa shape index (κ1) is 15.9. The molecule has 0 rings (SSSR count). The van der Waals surface area contributed by atoms with Crippen molar-refractivity contribution in [2.75, 3.05) is 0 Å². The fraction of sp³-hybridized carbons (Fsp3) is 0. The van der Waals surface area contributed by atoms with Crippen LogP contribution in [0.1, 0.15) is 0 Å². The average molecular weight is 510 g/mol. The third-order valence-electron chi connectivity index (χ3n) is 0. The van der Waals surface area contributed by atoms with Gasteiger partial charge in [0, 0.05) is 27.3 Å². The molecule has 0 fully saturated rings. The van der Waals surface area contributed by atoms with E-state index in [1.54, 1.807) is 0 Å². The van der Waals surface area contributed by atoms with Crippen LogP contribution in [0.4, 0.5) is 0 Å². The van der Waals surface area contributed by atoms with E-state index in [0.29, 0.717) is 0 Å². The van der Waals surface area contributed by atoms with Gasteiger partial charge >= 0.3 is 48.1 Å². The van der Waals surface area contributed by atoms with Crippen LogP contribution in [0.15, 0.2) is 0 Å². The van der Waals surface area contributed by atoms with E-state index in [2.05, 4.69) is 0 Å². The molecule has 7 heavy (non-hydrogen) atoms. The van der Waals surface area contributed by atoms with Gasteiger partial charge in [-0.3, -0.25) is 0 Å². The number of rotatable bonds is 0. The summed E-state index contributed by atoms with van der Waals surface area (Å²) in [6.07, 6.45) is 0. The zero-order chi connectivity index (χ0) is 4.50. The summed E-state index contributed by atoms with van der Waals surface area (Å²) < 4.78 is 34.6. The van der Waals surface area contributed by atoms with Crippen LogP contribution in [0.2, 0.25) is 0 Å². The van der Waals surface area contributed by atoms with Crippen molar-refractivity contribution in [3.8, 4) is 0 Å². The molecule has 7 heteroatoms. The standard InChI is InChI=1S/Mn.4O.Pb.W/q+2;;;2*-1;;. The summed E-state index contributed by atoms with van der Waals surface area (Å²) in [4.78, 5) is 0. The smallest absolute Gasteiger partial charge is 0 e. The van der Waals surface area contributed by atoms with Gasteiger partial charge in [0.15, 0.2) is 0 Å². The van der Waals surface area contributed by atoms with Gasteiger partial charge in [0.1, 0.15) is 0 Å². The van der Waals surface area contributed by atoms with Gasteiger partial charge in [-0.2, -0.15) is 0 Å². The molecule has 0 bridgehead atoms. The Morgan fingerprint density at radius 3 is 1.14 bits per heavy atom. The summed E-state index contributed by atoms with van der Waals surface area (Å²) in [5.74, 6) is 0. The Morgan fingerprint density at radius 2 is 1.14 bits per heavy atom. The zero-order valence-electron chi connectivity index (χ0n) is 2.92. The molecule has 0 saturated heterocycles. The molecule has 0 amide bonds. The van der Waals surface area contributed by atoms with Crippen LogP contribution in [0.25, 0.3) is 0 Å². The van der Waals surface area contributed by atoms with E-state index in [9.17, 15) is 0 Å². The van der Waals surface area contributed by atoms with E-state index >= 15 is 0 Å². The maximum absolute atomic E-state index is 8.65. The van der Waals surface area contributed by atoms with Gasteiger partial charge < -0.3 is 0 Å². The Balaban J connectivity index is -0.0000000800. The third-order valence-corrected chi connectivity index (χ3v) is 0. The Kier molecular flexibility index (Phi) is 13.1. The molecule has 0 aliphatic heterocycles. The predicted octanol–water partition coefficient (Wildman–Crippen LogP) is -3.00. The van der Waals surface area contributed by atoms with E-state index in [-0.39, 0.29) is 44.4 Å². The second kappa shape index (κ2) is 5.78. The molecular weight excluding hydrogens is 510 g/mol.